The van der Waals surface area contributed by atoms with Gasteiger partial charge in [0.25, 0.3) is 0 Å². The number of hydrogen-bond acceptors (Lipinski definition) is 5. The lowest BCUT2D eigenvalue weighted by atomic mass is 10.1. The molecule has 1 saturated heterocycles. The number of anilines is 1. The molecule has 5 nitrogen and oxygen atoms in total. The van der Waals surface area contributed by atoms with Gasteiger partial charge in [-0.15, -0.1) is 0 Å². The molecule has 1 fully saturated rings. The van der Waals surface area contributed by atoms with E-state index in [1.807, 2.05) is 0 Å². The molecule has 1 aromatic carbocycles. The molecular formula is C11H14FNO4S. The Kier molecular flexibility index (Phi) is 4.03. The maximum Gasteiger partial charge on any atom is 0.488 e. The molecule has 1 N–H and O–H groups in total. The summed E-state index contributed by atoms with van der Waals surface area (Å²) in [5.41, 5.74) is 0.464. The molecule has 18 heavy (non-hydrogen) atoms. The van der Waals surface area contributed by atoms with Crippen LogP contribution in [0.5, 0.6) is 5.75 Å². The zero-order chi connectivity index (χ0) is 13.0. The van der Waals surface area contributed by atoms with Crippen molar-refractivity contribution in [1.29, 1.82) is 0 Å². The Hall–Kier alpha value is -1.34. The Morgan fingerprint density at radius 3 is 2.61 bits per heavy atom. The van der Waals surface area contributed by atoms with E-state index in [0.29, 0.717) is 18.9 Å². The minimum absolute atomic E-state index is 0.0357. The molecule has 7 heteroatoms. The van der Waals surface area contributed by atoms with Gasteiger partial charge in [-0.3, -0.25) is 0 Å². The molecule has 0 amide bonds. The zero-order valence-corrected chi connectivity index (χ0v) is 10.5. The standard InChI is InChI=1S/C11H14FNO4S/c12-18(14,15)17-11-4-2-1-3-10(11)13-9-5-7-16-8-6-9/h1-4,9,13H,5-8H2. The van der Waals surface area contributed by atoms with Crippen LogP contribution >= 0.6 is 0 Å². The Morgan fingerprint density at radius 1 is 1.28 bits per heavy atom. The van der Waals surface area contributed by atoms with E-state index in [9.17, 15) is 12.3 Å². The van der Waals surface area contributed by atoms with Crippen molar-refractivity contribution in [3.63, 3.8) is 0 Å². The van der Waals surface area contributed by atoms with E-state index in [0.717, 1.165) is 12.8 Å². The van der Waals surface area contributed by atoms with E-state index in [1.165, 1.54) is 6.07 Å². The molecule has 0 aliphatic carbocycles. The summed E-state index contributed by atoms with van der Waals surface area (Å²) in [4.78, 5) is 0. The topological polar surface area (TPSA) is 64.6 Å². The monoisotopic (exact) mass is 275 g/mol. The number of para-hydroxylation sites is 2. The van der Waals surface area contributed by atoms with E-state index in [-0.39, 0.29) is 11.8 Å². The summed E-state index contributed by atoms with van der Waals surface area (Å²) in [6.45, 7) is 1.31. The summed E-state index contributed by atoms with van der Waals surface area (Å²) in [6.07, 6.45) is 1.63. The van der Waals surface area contributed by atoms with E-state index in [2.05, 4.69) is 9.50 Å². The summed E-state index contributed by atoms with van der Waals surface area (Å²) in [5.74, 6) is -0.0357. The van der Waals surface area contributed by atoms with Crippen molar-refractivity contribution >= 4 is 16.2 Å². The van der Waals surface area contributed by atoms with Crippen LogP contribution in [0.3, 0.4) is 0 Å². The third-order valence-corrected chi connectivity index (χ3v) is 3.04. The highest BCUT2D eigenvalue weighted by molar-refractivity contribution is 7.81. The zero-order valence-electron chi connectivity index (χ0n) is 9.63. The van der Waals surface area contributed by atoms with Crippen LogP contribution in [-0.2, 0) is 15.2 Å². The van der Waals surface area contributed by atoms with Crippen molar-refractivity contribution in [2.24, 2.45) is 0 Å². The van der Waals surface area contributed by atoms with Gasteiger partial charge in [0.15, 0.2) is 5.75 Å². The van der Waals surface area contributed by atoms with E-state index >= 15 is 0 Å². The molecule has 0 bridgehead atoms. The van der Waals surface area contributed by atoms with Gasteiger partial charge >= 0.3 is 10.5 Å². The van der Waals surface area contributed by atoms with Crippen LogP contribution in [0.1, 0.15) is 12.8 Å². The largest absolute Gasteiger partial charge is 0.488 e. The van der Waals surface area contributed by atoms with Gasteiger partial charge in [-0.25, -0.2) is 0 Å². The molecule has 1 aliphatic heterocycles. The number of halogens is 1. The van der Waals surface area contributed by atoms with Crippen LogP contribution < -0.4 is 9.50 Å². The third-order valence-electron chi connectivity index (χ3n) is 2.66. The maximum absolute atomic E-state index is 12.5. The quantitative estimate of drug-likeness (QED) is 0.850. The lowest BCUT2D eigenvalue weighted by Gasteiger charge is -2.24. The van der Waals surface area contributed by atoms with Gasteiger partial charge in [0.05, 0.1) is 5.69 Å². The number of ether oxygens (including phenoxy) is 1. The Morgan fingerprint density at radius 2 is 1.94 bits per heavy atom. The molecular weight excluding hydrogens is 261 g/mol. The van der Waals surface area contributed by atoms with Crippen molar-refractivity contribution in [1.82, 2.24) is 0 Å². The summed E-state index contributed by atoms with van der Waals surface area (Å²) >= 11 is 0. The van der Waals surface area contributed by atoms with Crippen molar-refractivity contribution in [2.45, 2.75) is 18.9 Å². The van der Waals surface area contributed by atoms with Gasteiger partial charge in [-0.05, 0) is 25.0 Å². The highest BCUT2D eigenvalue weighted by Gasteiger charge is 2.17. The highest BCUT2D eigenvalue weighted by atomic mass is 32.3. The predicted octanol–water partition coefficient (Wildman–Crippen LogP) is 1.87. The van der Waals surface area contributed by atoms with Crippen LogP contribution in [0.25, 0.3) is 0 Å². The molecule has 0 aromatic heterocycles. The summed E-state index contributed by atoms with van der Waals surface area (Å²) in [5, 5.41) is 3.14. The molecule has 0 saturated carbocycles. The molecule has 1 heterocycles. The smallest absolute Gasteiger partial charge is 0.381 e. The fourth-order valence-electron chi connectivity index (χ4n) is 1.83. The maximum atomic E-state index is 12.5. The van der Waals surface area contributed by atoms with Crippen molar-refractivity contribution in [3.05, 3.63) is 24.3 Å². The molecule has 0 atom stereocenters. The van der Waals surface area contributed by atoms with Crippen LogP contribution in [0.15, 0.2) is 24.3 Å². The van der Waals surface area contributed by atoms with Crippen molar-refractivity contribution < 1.29 is 21.2 Å². The average Bonchev–Trinajstić information content (AvgIpc) is 2.31. The third kappa shape index (κ3) is 3.85. The second-order valence-corrected chi connectivity index (χ2v) is 4.96. The highest BCUT2D eigenvalue weighted by Crippen LogP contribution is 2.27. The van der Waals surface area contributed by atoms with Gasteiger partial charge in [-0.1, -0.05) is 16.0 Å². The molecule has 0 unspecified atom stereocenters. The van der Waals surface area contributed by atoms with Gasteiger partial charge in [0.1, 0.15) is 0 Å². The van der Waals surface area contributed by atoms with E-state index < -0.39 is 10.5 Å². The van der Waals surface area contributed by atoms with E-state index in [1.54, 1.807) is 18.2 Å². The van der Waals surface area contributed by atoms with Crippen LogP contribution in [0, 0.1) is 0 Å². The molecule has 1 aliphatic rings. The van der Waals surface area contributed by atoms with Gasteiger partial charge in [0.2, 0.25) is 0 Å². The molecule has 2 rings (SSSR count). The fraction of sp³-hybridized carbons (Fsp3) is 0.455. The fourth-order valence-corrected chi connectivity index (χ4v) is 2.19. The second kappa shape index (κ2) is 5.53. The normalized spacial score (nSPS) is 17.4. The first-order valence-electron chi connectivity index (χ1n) is 5.62. The number of nitrogens with one attached hydrogen (secondary N) is 1. The molecule has 0 radical (unpaired) electrons. The van der Waals surface area contributed by atoms with Crippen molar-refractivity contribution in [3.8, 4) is 5.75 Å². The van der Waals surface area contributed by atoms with Gasteiger partial charge < -0.3 is 14.2 Å². The van der Waals surface area contributed by atoms with Crippen LogP contribution in [-0.4, -0.2) is 27.7 Å². The summed E-state index contributed by atoms with van der Waals surface area (Å²) < 4.78 is 43.1. The Labute approximate surface area is 105 Å². The minimum Gasteiger partial charge on any atom is -0.381 e. The SMILES string of the molecule is O=S(=O)(F)Oc1ccccc1NC1CCOCC1. The number of rotatable bonds is 4. The van der Waals surface area contributed by atoms with Crippen molar-refractivity contribution in [2.75, 3.05) is 18.5 Å². The first kappa shape index (κ1) is 13.1. The minimum atomic E-state index is -5.01. The molecule has 0 spiro atoms. The van der Waals surface area contributed by atoms with E-state index in [4.69, 9.17) is 4.74 Å². The molecule has 100 valence electrons. The van der Waals surface area contributed by atoms with Gasteiger partial charge in [-0.2, -0.15) is 8.42 Å². The number of benzene rings is 1. The Balaban J connectivity index is 2.11. The summed E-state index contributed by atoms with van der Waals surface area (Å²) in [7, 11) is -5.01. The Bertz CT molecular complexity index is 500. The lowest BCUT2D eigenvalue weighted by molar-refractivity contribution is 0.0904. The first-order valence-corrected chi connectivity index (χ1v) is 6.93. The molecule has 1 aromatic rings. The summed E-state index contributed by atoms with van der Waals surface area (Å²) in [6, 6.07) is 6.52. The first-order chi connectivity index (χ1) is 8.54. The van der Waals surface area contributed by atoms with Gasteiger partial charge in [0, 0.05) is 19.3 Å². The number of hydrogen-bond donors (Lipinski definition) is 1. The van der Waals surface area contributed by atoms with Crippen LogP contribution in [0.4, 0.5) is 9.57 Å². The average molecular weight is 275 g/mol. The lowest BCUT2D eigenvalue weighted by Crippen LogP contribution is -2.28. The predicted molar refractivity (Wildman–Crippen MR) is 64.6 cm³/mol. The second-order valence-electron chi connectivity index (χ2n) is 4.00. The van der Waals surface area contributed by atoms with Crippen LogP contribution in [0.2, 0.25) is 0 Å².